The summed E-state index contributed by atoms with van der Waals surface area (Å²) < 4.78 is 0. The fourth-order valence-corrected chi connectivity index (χ4v) is 3.91. The van der Waals surface area contributed by atoms with Gasteiger partial charge < -0.3 is 9.80 Å². The molecule has 1 aromatic rings. The van der Waals surface area contributed by atoms with Crippen molar-refractivity contribution >= 4 is 23.4 Å². The Morgan fingerprint density at radius 2 is 1.96 bits per heavy atom. The topological polar surface area (TPSA) is 40.6 Å². The summed E-state index contributed by atoms with van der Waals surface area (Å²) in [7, 11) is 0. The molecule has 0 saturated carbocycles. The second-order valence-corrected chi connectivity index (χ2v) is 7.07. The third-order valence-electron chi connectivity index (χ3n) is 5.14. The number of hydrogen-bond acceptors (Lipinski definition) is 2. The number of benzene rings is 1. The Kier molecular flexibility index (Phi) is 4.62. The molecule has 0 aromatic heterocycles. The smallest absolute Gasteiger partial charge is 0.248 e. The van der Waals surface area contributed by atoms with E-state index in [0.29, 0.717) is 30.8 Å². The summed E-state index contributed by atoms with van der Waals surface area (Å²) in [5.74, 6) is 0.187. The average Bonchev–Trinajstić information content (AvgIpc) is 3.16. The van der Waals surface area contributed by atoms with Gasteiger partial charge in [-0.3, -0.25) is 9.59 Å². The molecule has 5 heteroatoms. The van der Waals surface area contributed by atoms with Gasteiger partial charge in [-0.2, -0.15) is 0 Å². The van der Waals surface area contributed by atoms with Crippen molar-refractivity contribution in [2.24, 2.45) is 0 Å². The molecule has 124 valence electrons. The minimum atomic E-state index is -0.692. The highest BCUT2D eigenvalue weighted by atomic mass is 35.5. The Bertz CT molecular complexity index is 613. The first kappa shape index (κ1) is 16.3. The fraction of sp³-hybridized carbons (Fsp3) is 0.556. The van der Waals surface area contributed by atoms with Crippen LogP contribution in [0.3, 0.4) is 0 Å². The Labute approximate surface area is 142 Å². The number of amides is 2. The average molecular weight is 335 g/mol. The van der Waals surface area contributed by atoms with Crippen molar-refractivity contribution in [1.29, 1.82) is 0 Å². The van der Waals surface area contributed by atoms with Gasteiger partial charge in [0.2, 0.25) is 11.8 Å². The number of halogens is 1. The molecule has 2 heterocycles. The Morgan fingerprint density at radius 3 is 2.65 bits per heavy atom. The third-order valence-corrected chi connectivity index (χ3v) is 5.51. The van der Waals surface area contributed by atoms with Gasteiger partial charge >= 0.3 is 0 Å². The lowest BCUT2D eigenvalue weighted by Gasteiger charge is -2.37. The first-order valence-electron chi connectivity index (χ1n) is 8.35. The van der Waals surface area contributed by atoms with Crippen molar-refractivity contribution in [1.82, 2.24) is 9.80 Å². The maximum atomic E-state index is 12.9. The summed E-state index contributed by atoms with van der Waals surface area (Å²) in [6, 6.07) is 7.68. The van der Waals surface area contributed by atoms with E-state index in [0.717, 1.165) is 31.5 Å². The van der Waals surface area contributed by atoms with Crippen LogP contribution in [0.15, 0.2) is 24.3 Å². The van der Waals surface area contributed by atoms with Gasteiger partial charge in [-0.1, -0.05) is 29.8 Å². The Balaban J connectivity index is 1.74. The van der Waals surface area contributed by atoms with Crippen LogP contribution < -0.4 is 0 Å². The number of carbonyl (C=O) groups excluding carboxylic acids is 2. The monoisotopic (exact) mass is 334 g/mol. The molecule has 2 saturated heterocycles. The van der Waals surface area contributed by atoms with E-state index in [-0.39, 0.29) is 11.8 Å². The van der Waals surface area contributed by atoms with E-state index >= 15 is 0 Å². The number of rotatable bonds is 4. The lowest BCUT2D eigenvalue weighted by Crippen LogP contribution is -2.55. The van der Waals surface area contributed by atoms with Gasteiger partial charge in [0, 0.05) is 31.1 Å². The van der Waals surface area contributed by atoms with Gasteiger partial charge in [-0.15, -0.1) is 0 Å². The lowest BCUT2D eigenvalue weighted by atomic mass is 9.96. The molecule has 0 N–H and O–H groups in total. The summed E-state index contributed by atoms with van der Waals surface area (Å²) in [4.78, 5) is 28.9. The van der Waals surface area contributed by atoms with Crippen molar-refractivity contribution in [3.8, 4) is 0 Å². The highest BCUT2D eigenvalue weighted by Crippen LogP contribution is 2.33. The third kappa shape index (κ3) is 3.09. The van der Waals surface area contributed by atoms with Crippen LogP contribution in [0.4, 0.5) is 0 Å². The predicted molar refractivity (Wildman–Crippen MR) is 90.3 cm³/mol. The largest absolute Gasteiger partial charge is 0.341 e. The van der Waals surface area contributed by atoms with Gasteiger partial charge in [0.05, 0.1) is 0 Å². The molecule has 3 rings (SSSR count). The highest BCUT2D eigenvalue weighted by molar-refractivity contribution is 6.31. The predicted octanol–water partition coefficient (Wildman–Crippen LogP) is 2.89. The lowest BCUT2D eigenvalue weighted by molar-refractivity contribution is -0.146. The van der Waals surface area contributed by atoms with E-state index in [1.807, 2.05) is 36.1 Å². The van der Waals surface area contributed by atoms with Crippen molar-refractivity contribution in [2.75, 3.05) is 19.6 Å². The number of nitrogens with zero attached hydrogens (tertiary/aromatic N) is 2. The summed E-state index contributed by atoms with van der Waals surface area (Å²) >= 11 is 6.20. The number of hydrogen-bond donors (Lipinski definition) is 0. The van der Waals surface area contributed by atoms with E-state index < -0.39 is 5.54 Å². The summed E-state index contributed by atoms with van der Waals surface area (Å²) in [6.07, 6.45) is 3.88. The van der Waals surface area contributed by atoms with E-state index in [9.17, 15) is 9.59 Å². The molecule has 0 spiro atoms. The van der Waals surface area contributed by atoms with Crippen molar-refractivity contribution in [3.63, 3.8) is 0 Å². The molecule has 4 nitrogen and oxygen atoms in total. The second-order valence-electron chi connectivity index (χ2n) is 6.66. The van der Waals surface area contributed by atoms with Crippen molar-refractivity contribution < 1.29 is 9.59 Å². The molecule has 2 fully saturated rings. The number of likely N-dealkylation sites (tertiary alicyclic amines) is 2. The van der Waals surface area contributed by atoms with Crippen LogP contribution in [0, 0.1) is 0 Å². The SMILES string of the molecule is CC1(C(=O)N2CCCC2)CCC(=O)N1CCc1ccccc1Cl. The van der Waals surface area contributed by atoms with Gasteiger partial charge in [0.25, 0.3) is 0 Å². The van der Waals surface area contributed by atoms with Gasteiger partial charge in [-0.25, -0.2) is 0 Å². The first-order chi connectivity index (χ1) is 11.0. The van der Waals surface area contributed by atoms with Crippen molar-refractivity contribution in [3.05, 3.63) is 34.9 Å². The molecule has 0 bridgehead atoms. The molecule has 2 amide bonds. The Morgan fingerprint density at radius 1 is 1.26 bits per heavy atom. The zero-order chi connectivity index (χ0) is 16.4. The normalized spacial score (nSPS) is 24.5. The molecule has 1 unspecified atom stereocenters. The molecule has 0 radical (unpaired) electrons. The highest BCUT2D eigenvalue weighted by Gasteiger charge is 2.48. The van der Waals surface area contributed by atoms with Crippen LogP contribution in [-0.4, -0.2) is 46.8 Å². The summed E-state index contributed by atoms with van der Waals surface area (Å²) in [5.41, 5.74) is 0.327. The first-order valence-corrected chi connectivity index (χ1v) is 8.73. The quantitative estimate of drug-likeness (QED) is 0.849. The standard InChI is InChI=1S/C18H23ClN2O2/c1-18(17(23)20-11-4-5-12-20)10-8-16(22)21(18)13-9-14-6-2-3-7-15(14)19/h2-3,6-7H,4-5,8-13H2,1H3. The summed E-state index contributed by atoms with van der Waals surface area (Å²) in [6.45, 7) is 4.10. The van der Waals surface area contributed by atoms with Crippen LogP contribution >= 0.6 is 11.6 Å². The van der Waals surface area contributed by atoms with E-state index in [4.69, 9.17) is 11.6 Å². The second kappa shape index (κ2) is 6.52. The maximum absolute atomic E-state index is 12.9. The molecular formula is C18H23ClN2O2. The van der Waals surface area contributed by atoms with E-state index in [1.54, 1.807) is 4.90 Å². The van der Waals surface area contributed by atoms with Crippen LogP contribution in [0.2, 0.25) is 5.02 Å². The zero-order valence-corrected chi connectivity index (χ0v) is 14.3. The van der Waals surface area contributed by atoms with Gasteiger partial charge in [-0.05, 0) is 44.2 Å². The molecule has 2 aliphatic rings. The maximum Gasteiger partial charge on any atom is 0.248 e. The molecule has 2 aliphatic heterocycles. The Hall–Kier alpha value is -1.55. The van der Waals surface area contributed by atoms with E-state index in [1.165, 1.54) is 0 Å². The zero-order valence-electron chi connectivity index (χ0n) is 13.6. The molecule has 23 heavy (non-hydrogen) atoms. The number of carbonyl (C=O) groups is 2. The van der Waals surface area contributed by atoms with Crippen molar-refractivity contribution in [2.45, 2.75) is 44.6 Å². The van der Waals surface area contributed by atoms with Crippen LogP contribution in [0.25, 0.3) is 0 Å². The molecule has 1 atom stereocenters. The minimum Gasteiger partial charge on any atom is -0.341 e. The van der Waals surface area contributed by atoms with Crippen LogP contribution in [-0.2, 0) is 16.0 Å². The summed E-state index contributed by atoms with van der Waals surface area (Å²) in [5, 5.41) is 0.715. The molecular weight excluding hydrogens is 312 g/mol. The fourth-order valence-electron chi connectivity index (χ4n) is 3.68. The van der Waals surface area contributed by atoms with Crippen LogP contribution in [0.5, 0.6) is 0 Å². The minimum absolute atomic E-state index is 0.0760. The van der Waals surface area contributed by atoms with Gasteiger partial charge in [0.1, 0.15) is 5.54 Å². The van der Waals surface area contributed by atoms with Gasteiger partial charge in [0.15, 0.2) is 0 Å². The van der Waals surface area contributed by atoms with E-state index in [2.05, 4.69) is 0 Å². The molecule has 0 aliphatic carbocycles. The van der Waals surface area contributed by atoms with Crippen LogP contribution in [0.1, 0.15) is 38.2 Å². The molecule has 1 aromatic carbocycles.